The van der Waals surface area contributed by atoms with E-state index in [1.54, 1.807) is 0 Å². The van der Waals surface area contributed by atoms with Crippen LogP contribution < -0.4 is 5.32 Å². The standard InChI is InChI=1S/C15H15F3N2O5/c16-15(17,18)10-5-6-11(12(7-10)20(23)24)19-13(21)8-25-14(22)9-3-1-2-4-9/h5-7,9H,1-4,8H2,(H,19,21). The molecule has 25 heavy (non-hydrogen) atoms. The number of rotatable bonds is 5. The predicted molar refractivity (Wildman–Crippen MR) is 79.6 cm³/mol. The topological polar surface area (TPSA) is 98.5 Å². The Morgan fingerprint density at radius 3 is 2.48 bits per heavy atom. The van der Waals surface area contributed by atoms with E-state index in [1.165, 1.54) is 0 Å². The number of nitro benzene ring substituents is 1. The van der Waals surface area contributed by atoms with Crippen molar-refractivity contribution in [3.8, 4) is 0 Å². The molecule has 1 aliphatic rings. The van der Waals surface area contributed by atoms with Gasteiger partial charge >= 0.3 is 12.1 Å². The zero-order chi connectivity index (χ0) is 18.6. The molecule has 0 radical (unpaired) electrons. The summed E-state index contributed by atoms with van der Waals surface area (Å²) in [5.41, 5.74) is -2.50. The second-order valence-corrected chi connectivity index (χ2v) is 5.62. The van der Waals surface area contributed by atoms with Crippen LogP contribution in [0.4, 0.5) is 24.5 Å². The highest BCUT2D eigenvalue weighted by Crippen LogP contribution is 2.35. The predicted octanol–water partition coefficient (Wildman–Crippen LogP) is 3.29. The van der Waals surface area contributed by atoms with Crippen LogP contribution in [0.5, 0.6) is 0 Å². The summed E-state index contributed by atoms with van der Waals surface area (Å²) in [5.74, 6) is -1.64. The Morgan fingerprint density at radius 2 is 1.92 bits per heavy atom. The highest BCUT2D eigenvalue weighted by Gasteiger charge is 2.33. The van der Waals surface area contributed by atoms with Crippen LogP contribution in [0.25, 0.3) is 0 Å². The third-order valence-electron chi connectivity index (χ3n) is 3.83. The first-order chi connectivity index (χ1) is 11.7. The maximum atomic E-state index is 12.6. The zero-order valence-corrected chi connectivity index (χ0v) is 13.0. The van der Waals surface area contributed by atoms with Gasteiger partial charge in [-0.25, -0.2) is 0 Å². The summed E-state index contributed by atoms with van der Waals surface area (Å²) in [7, 11) is 0. The molecule has 1 aliphatic carbocycles. The van der Waals surface area contributed by atoms with Gasteiger partial charge in [-0.05, 0) is 25.0 Å². The molecule has 7 nitrogen and oxygen atoms in total. The van der Waals surface area contributed by atoms with E-state index in [4.69, 9.17) is 4.74 Å². The molecule has 1 fully saturated rings. The van der Waals surface area contributed by atoms with Gasteiger partial charge in [-0.15, -0.1) is 0 Å². The lowest BCUT2D eigenvalue weighted by molar-refractivity contribution is -0.384. The number of hydrogen-bond donors (Lipinski definition) is 1. The van der Waals surface area contributed by atoms with Crippen LogP contribution in [-0.2, 0) is 20.5 Å². The largest absolute Gasteiger partial charge is 0.455 e. The minimum Gasteiger partial charge on any atom is -0.455 e. The van der Waals surface area contributed by atoms with E-state index in [1.807, 2.05) is 0 Å². The Bertz CT molecular complexity index is 684. The molecule has 0 heterocycles. The molecule has 1 aromatic rings. The number of nitrogens with zero attached hydrogens (tertiary/aromatic N) is 1. The van der Waals surface area contributed by atoms with E-state index in [9.17, 15) is 32.9 Å². The van der Waals surface area contributed by atoms with E-state index >= 15 is 0 Å². The fourth-order valence-electron chi connectivity index (χ4n) is 2.57. The van der Waals surface area contributed by atoms with Crippen LogP contribution in [0.3, 0.4) is 0 Å². The van der Waals surface area contributed by atoms with Crippen molar-refractivity contribution in [2.75, 3.05) is 11.9 Å². The van der Waals surface area contributed by atoms with Crippen molar-refractivity contribution in [1.82, 2.24) is 0 Å². The Labute approximate surface area is 140 Å². The summed E-state index contributed by atoms with van der Waals surface area (Å²) in [6, 6.07) is 1.74. The monoisotopic (exact) mass is 360 g/mol. The summed E-state index contributed by atoms with van der Waals surface area (Å²) in [6.45, 7) is -0.659. The summed E-state index contributed by atoms with van der Waals surface area (Å²) >= 11 is 0. The maximum absolute atomic E-state index is 12.6. The van der Waals surface area contributed by atoms with Gasteiger partial charge in [-0.3, -0.25) is 19.7 Å². The Balaban J connectivity index is 2.02. The van der Waals surface area contributed by atoms with Gasteiger partial charge in [0.2, 0.25) is 0 Å². The molecule has 1 N–H and O–H groups in total. The van der Waals surface area contributed by atoms with E-state index in [0.717, 1.165) is 18.9 Å². The molecular weight excluding hydrogens is 345 g/mol. The van der Waals surface area contributed by atoms with E-state index in [2.05, 4.69) is 5.32 Å². The number of alkyl halides is 3. The number of carbonyl (C=O) groups is 2. The summed E-state index contributed by atoms with van der Waals surface area (Å²) in [6.07, 6.45) is -1.56. The van der Waals surface area contributed by atoms with Gasteiger partial charge in [0.05, 0.1) is 16.4 Å². The first kappa shape index (κ1) is 18.7. The lowest BCUT2D eigenvalue weighted by atomic mass is 10.1. The molecule has 0 unspecified atom stereocenters. The number of ether oxygens (including phenoxy) is 1. The lowest BCUT2D eigenvalue weighted by Gasteiger charge is -2.11. The molecule has 1 saturated carbocycles. The normalized spacial score (nSPS) is 15.0. The molecule has 0 saturated heterocycles. The average Bonchev–Trinajstić information content (AvgIpc) is 3.06. The van der Waals surface area contributed by atoms with Crippen LogP contribution >= 0.6 is 0 Å². The molecule has 0 bridgehead atoms. The third kappa shape index (κ3) is 4.91. The highest BCUT2D eigenvalue weighted by molar-refractivity contribution is 5.95. The molecule has 10 heteroatoms. The van der Waals surface area contributed by atoms with Crippen molar-refractivity contribution in [3.63, 3.8) is 0 Å². The molecule has 0 spiro atoms. The van der Waals surface area contributed by atoms with Crippen LogP contribution in [0.1, 0.15) is 31.2 Å². The van der Waals surface area contributed by atoms with E-state index in [-0.39, 0.29) is 5.92 Å². The van der Waals surface area contributed by atoms with Gasteiger partial charge in [0.1, 0.15) is 5.69 Å². The van der Waals surface area contributed by atoms with Crippen molar-refractivity contribution in [2.45, 2.75) is 31.9 Å². The van der Waals surface area contributed by atoms with Gasteiger partial charge in [-0.2, -0.15) is 13.2 Å². The molecular formula is C15H15F3N2O5. The van der Waals surface area contributed by atoms with Crippen LogP contribution in [0.2, 0.25) is 0 Å². The minimum atomic E-state index is -4.75. The number of carbonyl (C=O) groups excluding carboxylic acids is 2. The van der Waals surface area contributed by atoms with Crippen molar-refractivity contribution in [3.05, 3.63) is 33.9 Å². The van der Waals surface area contributed by atoms with Crippen molar-refractivity contribution < 1.29 is 32.4 Å². The molecule has 0 aromatic heterocycles. The van der Waals surface area contributed by atoms with Crippen molar-refractivity contribution in [2.24, 2.45) is 5.92 Å². The van der Waals surface area contributed by atoms with E-state index < -0.39 is 46.5 Å². The van der Waals surface area contributed by atoms with Crippen LogP contribution in [-0.4, -0.2) is 23.4 Å². The second kappa shape index (κ2) is 7.49. The molecule has 136 valence electrons. The summed E-state index contributed by atoms with van der Waals surface area (Å²) < 4.78 is 42.7. The third-order valence-corrected chi connectivity index (χ3v) is 3.83. The van der Waals surface area contributed by atoms with Gasteiger partial charge in [-0.1, -0.05) is 12.8 Å². The fraction of sp³-hybridized carbons (Fsp3) is 0.467. The number of esters is 1. The second-order valence-electron chi connectivity index (χ2n) is 5.62. The highest BCUT2D eigenvalue weighted by atomic mass is 19.4. The molecule has 0 aliphatic heterocycles. The van der Waals surface area contributed by atoms with Crippen molar-refractivity contribution in [1.29, 1.82) is 0 Å². The number of hydrogen-bond acceptors (Lipinski definition) is 5. The van der Waals surface area contributed by atoms with Crippen molar-refractivity contribution >= 4 is 23.3 Å². The van der Waals surface area contributed by atoms with Gasteiger partial charge in [0.15, 0.2) is 6.61 Å². The molecule has 0 atom stereocenters. The SMILES string of the molecule is O=C(COC(=O)C1CCCC1)Nc1ccc(C(F)(F)F)cc1[N+](=O)[O-]. The Hall–Kier alpha value is -2.65. The van der Waals surface area contributed by atoms with Gasteiger partial charge in [0, 0.05) is 6.07 Å². The van der Waals surface area contributed by atoms with Gasteiger partial charge in [0.25, 0.3) is 11.6 Å². The Morgan fingerprint density at radius 1 is 1.28 bits per heavy atom. The number of halogens is 3. The van der Waals surface area contributed by atoms with E-state index in [0.29, 0.717) is 25.0 Å². The Kier molecular flexibility index (Phi) is 5.60. The number of anilines is 1. The fourth-order valence-corrected chi connectivity index (χ4v) is 2.57. The molecule has 1 aromatic carbocycles. The maximum Gasteiger partial charge on any atom is 0.416 e. The quantitative estimate of drug-likeness (QED) is 0.494. The number of nitrogens with one attached hydrogen (secondary N) is 1. The van der Waals surface area contributed by atoms with Crippen LogP contribution in [0.15, 0.2) is 18.2 Å². The first-order valence-corrected chi connectivity index (χ1v) is 7.50. The minimum absolute atomic E-state index is 0.256. The zero-order valence-electron chi connectivity index (χ0n) is 13.0. The average molecular weight is 360 g/mol. The first-order valence-electron chi connectivity index (χ1n) is 7.50. The lowest BCUT2D eigenvalue weighted by Crippen LogP contribution is -2.24. The smallest absolute Gasteiger partial charge is 0.416 e. The van der Waals surface area contributed by atoms with Gasteiger partial charge < -0.3 is 10.1 Å². The summed E-state index contributed by atoms with van der Waals surface area (Å²) in [4.78, 5) is 33.3. The molecule has 1 amide bonds. The molecule has 2 rings (SSSR count). The number of benzene rings is 1. The summed E-state index contributed by atoms with van der Waals surface area (Å²) in [5, 5.41) is 13.0. The number of amides is 1. The number of nitro groups is 1. The van der Waals surface area contributed by atoms with Crippen LogP contribution in [0, 0.1) is 16.0 Å².